The van der Waals surface area contributed by atoms with Crippen LogP contribution in [-0.2, 0) is 10.0 Å². The molecule has 0 saturated heterocycles. The summed E-state index contributed by atoms with van der Waals surface area (Å²) in [5.74, 6) is 0.0573. The number of benzene rings is 2. The Morgan fingerprint density at radius 2 is 1.68 bits per heavy atom. The lowest BCUT2D eigenvalue weighted by Crippen LogP contribution is -2.12. The number of carbonyl (C=O) groups is 1. The number of rotatable bonds is 4. The Kier molecular flexibility index (Phi) is 8.22. The van der Waals surface area contributed by atoms with E-state index in [0.29, 0.717) is 20.6 Å². The highest BCUT2D eigenvalue weighted by molar-refractivity contribution is 9.10. The number of imidazole rings is 1. The van der Waals surface area contributed by atoms with Gasteiger partial charge in [0.15, 0.2) is 5.78 Å². The van der Waals surface area contributed by atoms with Gasteiger partial charge < -0.3 is 0 Å². The third-order valence-corrected chi connectivity index (χ3v) is 8.36. The zero-order valence-corrected chi connectivity index (χ0v) is 23.4. The molecule has 0 amide bonds. The molecule has 0 aliphatic heterocycles. The number of ketones is 1. The monoisotopic (exact) mass is 602 g/mol. The fraction of sp³-hybridized carbons (Fsp3) is 0.227. The summed E-state index contributed by atoms with van der Waals surface area (Å²) < 4.78 is 24.0. The van der Waals surface area contributed by atoms with E-state index < -0.39 is 10.0 Å². The van der Waals surface area contributed by atoms with Crippen molar-refractivity contribution in [3.8, 4) is 11.3 Å². The topological polar surface area (TPSA) is 107 Å². The number of aromatic nitrogens is 3. The van der Waals surface area contributed by atoms with Crippen molar-refractivity contribution in [1.82, 2.24) is 14.6 Å². The number of nitrogens with zero attached hydrogens (tertiary/aromatic N) is 3. The van der Waals surface area contributed by atoms with E-state index >= 15 is 0 Å². The molecule has 1 unspecified atom stereocenters. The number of halogens is 3. The van der Waals surface area contributed by atoms with Gasteiger partial charge in [0.05, 0.1) is 16.2 Å². The van der Waals surface area contributed by atoms with Crippen molar-refractivity contribution in [3.05, 3.63) is 68.8 Å². The maximum absolute atomic E-state index is 11.5. The molecular formula is C22H21BrCl2N4O3S2. The predicted molar refractivity (Wildman–Crippen MR) is 141 cm³/mol. The van der Waals surface area contributed by atoms with Crippen molar-refractivity contribution >= 4 is 71.2 Å². The van der Waals surface area contributed by atoms with Crippen LogP contribution >= 0.6 is 50.5 Å². The second-order valence-corrected chi connectivity index (χ2v) is 12.4. The van der Waals surface area contributed by atoms with Crippen LogP contribution in [-0.4, -0.2) is 33.6 Å². The quantitative estimate of drug-likeness (QED) is 0.228. The number of Topliss-reactive ketones (excluding diaryl/α,β-unsaturated/α-hetero) is 1. The van der Waals surface area contributed by atoms with E-state index in [-0.39, 0.29) is 15.0 Å². The van der Waals surface area contributed by atoms with Crippen molar-refractivity contribution in [2.24, 2.45) is 5.14 Å². The molecule has 34 heavy (non-hydrogen) atoms. The Labute approximate surface area is 220 Å². The van der Waals surface area contributed by atoms with Gasteiger partial charge in [-0.2, -0.15) is 0 Å². The van der Waals surface area contributed by atoms with Crippen LogP contribution in [0.25, 0.3) is 16.2 Å². The van der Waals surface area contributed by atoms with Gasteiger partial charge in [0, 0.05) is 21.2 Å². The fourth-order valence-corrected chi connectivity index (χ4v) is 5.12. The molecule has 12 heteroatoms. The molecule has 0 radical (unpaired) electrons. The first-order chi connectivity index (χ1) is 15.8. The first-order valence-corrected chi connectivity index (χ1v) is 13.9. The first kappa shape index (κ1) is 26.8. The van der Waals surface area contributed by atoms with Crippen LogP contribution in [0.1, 0.15) is 34.1 Å². The molecule has 0 spiro atoms. The highest BCUT2D eigenvalue weighted by atomic mass is 79.9. The molecule has 2 heterocycles. The average molecular weight is 604 g/mol. The number of aryl methyl sites for hydroxylation is 3. The van der Waals surface area contributed by atoms with Gasteiger partial charge in [0.1, 0.15) is 0 Å². The number of sulfonamides is 1. The molecule has 1 atom stereocenters. The Balaban J connectivity index is 0.000000215. The number of hydrogen-bond acceptors (Lipinski definition) is 6. The van der Waals surface area contributed by atoms with Crippen LogP contribution in [0.2, 0.25) is 10.0 Å². The molecule has 4 aromatic rings. The summed E-state index contributed by atoms with van der Waals surface area (Å²) in [6.45, 7) is 7.45. The van der Waals surface area contributed by atoms with Gasteiger partial charge in [-0.3, -0.25) is 4.79 Å². The Hall–Kier alpha value is -1.82. The summed E-state index contributed by atoms with van der Waals surface area (Å²) >= 11 is 16.2. The molecule has 4 rings (SSSR count). The summed E-state index contributed by atoms with van der Waals surface area (Å²) in [6.07, 6.45) is 0. The van der Waals surface area contributed by atoms with Gasteiger partial charge >= 0.3 is 0 Å². The van der Waals surface area contributed by atoms with Gasteiger partial charge in [-0.05, 0) is 51.0 Å². The van der Waals surface area contributed by atoms with Crippen LogP contribution in [0.5, 0.6) is 0 Å². The minimum atomic E-state index is -3.82. The van der Waals surface area contributed by atoms with E-state index in [1.54, 1.807) is 19.1 Å². The Bertz CT molecular complexity index is 1500. The van der Waals surface area contributed by atoms with Gasteiger partial charge in [-0.25, -0.2) is 23.1 Å². The molecular weight excluding hydrogens is 583 g/mol. The van der Waals surface area contributed by atoms with E-state index in [9.17, 15) is 13.2 Å². The summed E-state index contributed by atoms with van der Waals surface area (Å²) in [4.78, 5) is 16.2. The highest BCUT2D eigenvalue weighted by Gasteiger charge is 2.20. The Morgan fingerprint density at radius 1 is 1.09 bits per heavy atom. The maximum Gasteiger partial charge on any atom is 0.267 e. The predicted octanol–water partition coefficient (Wildman–Crippen LogP) is 5.99. The normalized spacial score (nSPS) is 12.4. The molecule has 2 N–H and O–H groups in total. The number of primary sulfonamides is 1. The van der Waals surface area contributed by atoms with Crippen molar-refractivity contribution in [3.63, 3.8) is 0 Å². The molecule has 2 aromatic carbocycles. The average Bonchev–Trinajstić information content (AvgIpc) is 3.32. The number of hydrogen-bond donors (Lipinski definition) is 1. The van der Waals surface area contributed by atoms with Crippen molar-refractivity contribution < 1.29 is 13.2 Å². The third-order valence-electron chi connectivity index (χ3n) is 4.92. The third kappa shape index (κ3) is 5.87. The Morgan fingerprint density at radius 3 is 2.18 bits per heavy atom. The van der Waals surface area contributed by atoms with E-state index in [1.807, 2.05) is 45.0 Å². The molecule has 0 bridgehead atoms. The van der Waals surface area contributed by atoms with Crippen LogP contribution in [0.3, 0.4) is 0 Å². The van der Waals surface area contributed by atoms with E-state index in [2.05, 4.69) is 26.0 Å². The van der Waals surface area contributed by atoms with Gasteiger partial charge in [-0.15, -0.1) is 5.10 Å². The van der Waals surface area contributed by atoms with Gasteiger partial charge in [-0.1, -0.05) is 74.7 Å². The maximum atomic E-state index is 11.5. The van der Waals surface area contributed by atoms with Crippen LogP contribution in [0.15, 0.2) is 40.7 Å². The van der Waals surface area contributed by atoms with Gasteiger partial charge in [0.25, 0.3) is 10.0 Å². The number of nitrogens with two attached hydrogens (primary N) is 1. The number of fused-ring (bicyclic) bond motifs is 1. The van der Waals surface area contributed by atoms with Crippen molar-refractivity contribution in [2.45, 2.75) is 36.9 Å². The van der Waals surface area contributed by atoms with Crippen molar-refractivity contribution in [1.29, 1.82) is 0 Å². The molecule has 2 aromatic heterocycles. The van der Waals surface area contributed by atoms with Crippen LogP contribution < -0.4 is 5.14 Å². The molecule has 7 nitrogen and oxygen atoms in total. The van der Waals surface area contributed by atoms with E-state index in [4.69, 9.17) is 28.3 Å². The zero-order valence-electron chi connectivity index (χ0n) is 18.6. The minimum absolute atomic E-state index is 0.0573. The van der Waals surface area contributed by atoms with Crippen molar-refractivity contribution in [2.75, 3.05) is 0 Å². The lowest BCUT2D eigenvalue weighted by atomic mass is 10.1. The highest BCUT2D eigenvalue weighted by Crippen LogP contribution is 2.30. The standard InChI is InChI=1S/C12H11ClN4O2S2.C10H10BrClO/c1-6-3-4-8(5-9(6)13)10-7(2)17-11(15-10)20-12(16-17)21(14,18)19;1-6-3-4-8(5-9(6)12)10(13)7(2)11/h3-5H,1-2H3,(H2,14,18,19);3-5,7H,1-2H3. The van der Waals surface area contributed by atoms with Crippen LogP contribution in [0, 0.1) is 20.8 Å². The molecule has 180 valence electrons. The lowest BCUT2D eigenvalue weighted by molar-refractivity contribution is 0.0996. The summed E-state index contributed by atoms with van der Waals surface area (Å²) in [5, 5.41) is 10.4. The van der Waals surface area contributed by atoms with Crippen LogP contribution in [0.4, 0.5) is 0 Å². The second kappa shape index (κ2) is 10.4. The first-order valence-electron chi connectivity index (χ1n) is 9.89. The molecule has 0 aliphatic rings. The smallest absolute Gasteiger partial charge is 0.267 e. The molecule has 0 saturated carbocycles. The molecule has 0 aliphatic carbocycles. The number of alkyl halides is 1. The van der Waals surface area contributed by atoms with Gasteiger partial charge in [0.2, 0.25) is 9.30 Å². The fourth-order valence-electron chi connectivity index (χ4n) is 2.94. The zero-order chi connectivity index (χ0) is 25.4. The molecule has 0 fully saturated rings. The van der Waals surface area contributed by atoms with E-state index in [1.165, 1.54) is 4.52 Å². The largest absolute Gasteiger partial charge is 0.293 e. The lowest BCUT2D eigenvalue weighted by Gasteiger charge is -2.04. The minimum Gasteiger partial charge on any atom is -0.293 e. The second-order valence-electron chi connectivity index (χ2n) is 7.56. The number of carbonyl (C=O) groups excluding carboxylic acids is 1. The van der Waals surface area contributed by atoms with E-state index in [0.717, 1.165) is 39.4 Å². The summed E-state index contributed by atoms with van der Waals surface area (Å²) in [5.41, 5.74) is 4.93. The summed E-state index contributed by atoms with van der Waals surface area (Å²) in [6, 6.07) is 11.0. The SMILES string of the molecule is Cc1ccc(-c2nc3sc(S(N)(=O)=O)nn3c2C)cc1Cl.Cc1ccc(C(=O)C(C)Br)cc1Cl. The summed E-state index contributed by atoms with van der Waals surface area (Å²) in [7, 11) is -3.82.